The molecule has 0 amide bonds. The van der Waals surface area contributed by atoms with Gasteiger partial charge in [0.2, 0.25) is 0 Å². The Labute approximate surface area is 133 Å². The summed E-state index contributed by atoms with van der Waals surface area (Å²) in [5, 5.41) is 1.65. The molecule has 0 saturated carbocycles. The lowest BCUT2D eigenvalue weighted by Crippen LogP contribution is -2.38. The summed E-state index contributed by atoms with van der Waals surface area (Å²) < 4.78 is 0. The van der Waals surface area contributed by atoms with E-state index in [1.54, 1.807) is 5.30 Å². The highest BCUT2D eigenvalue weighted by Crippen LogP contribution is 2.55. The summed E-state index contributed by atoms with van der Waals surface area (Å²) in [5.41, 5.74) is 2.84. The summed E-state index contributed by atoms with van der Waals surface area (Å²) in [6.45, 7) is 15.3. The molecule has 0 unspecified atom stereocenters. The molecule has 0 saturated heterocycles. The molecule has 0 bridgehead atoms. The molecule has 0 atom stereocenters. The first kappa shape index (κ1) is 16.7. The summed E-state index contributed by atoms with van der Waals surface area (Å²) in [5.74, 6) is 0. The maximum atomic E-state index is 2.55. The molecule has 21 heavy (non-hydrogen) atoms. The van der Waals surface area contributed by atoms with E-state index < -0.39 is 15.5 Å². The predicted molar refractivity (Wildman–Crippen MR) is 105 cm³/mol. The largest absolute Gasteiger partial charge is 0.0990 e. The third-order valence-electron chi connectivity index (χ3n) is 3.57. The van der Waals surface area contributed by atoms with E-state index in [0.29, 0.717) is 0 Å². The highest BCUT2D eigenvalue weighted by Gasteiger charge is 2.39. The van der Waals surface area contributed by atoms with Crippen molar-refractivity contribution in [3.63, 3.8) is 0 Å². The van der Waals surface area contributed by atoms with Crippen molar-refractivity contribution in [1.82, 2.24) is 0 Å². The highest BCUT2D eigenvalue weighted by atomic mass is 31.6. The van der Waals surface area contributed by atoms with Crippen LogP contribution >= 0.6 is 7.02 Å². The van der Waals surface area contributed by atoms with Gasteiger partial charge in [0.05, 0.1) is 15.5 Å². The third-order valence-corrected chi connectivity index (χ3v) is 28.7. The Balaban J connectivity index is 2.63. The van der Waals surface area contributed by atoms with Crippen molar-refractivity contribution in [3.8, 4) is 11.1 Å². The van der Waals surface area contributed by atoms with Crippen LogP contribution in [-0.4, -0.2) is 15.5 Å². The summed E-state index contributed by atoms with van der Waals surface area (Å²) in [7, 11) is -2.41. The van der Waals surface area contributed by atoms with Gasteiger partial charge in [-0.2, -0.15) is 0 Å². The van der Waals surface area contributed by atoms with Crippen LogP contribution in [0.5, 0.6) is 0 Å². The van der Waals surface area contributed by atoms with Gasteiger partial charge in [-0.25, -0.2) is 0 Å². The Kier molecular flexibility index (Phi) is 4.92. The van der Waals surface area contributed by atoms with Crippen molar-refractivity contribution >= 4 is 27.8 Å². The van der Waals surface area contributed by atoms with Crippen LogP contribution in [0.15, 0.2) is 54.6 Å². The van der Waals surface area contributed by atoms with E-state index in [0.717, 1.165) is 0 Å². The van der Waals surface area contributed by atoms with Crippen LogP contribution in [0.1, 0.15) is 0 Å². The lowest BCUT2D eigenvalue weighted by Gasteiger charge is -2.40. The number of hydrogen-bond acceptors (Lipinski definition) is 0. The Morgan fingerprint density at radius 3 is 1.62 bits per heavy atom. The van der Waals surface area contributed by atoms with Crippen LogP contribution < -0.4 is 5.30 Å². The van der Waals surface area contributed by atoms with Gasteiger partial charge < -0.3 is 0 Å². The van der Waals surface area contributed by atoms with Gasteiger partial charge in [0.15, 0.2) is 0 Å². The molecule has 2 aromatic rings. The fourth-order valence-corrected chi connectivity index (χ4v) is 37.1. The van der Waals surface area contributed by atoms with Crippen molar-refractivity contribution < 1.29 is 0 Å². The maximum Gasteiger partial charge on any atom is 0.0730 e. The molecule has 0 aliphatic rings. The van der Waals surface area contributed by atoms with Gasteiger partial charge in [0.25, 0.3) is 0 Å². The molecule has 0 fully saturated rings. The van der Waals surface area contributed by atoms with E-state index in [4.69, 9.17) is 0 Å². The quantitative estimate of drug-likeness (QED) is 0.467. The Morgan fingerprint density at radius 1 is 0.619 bits per heavy atom. The van der Waals surface area contributed by atoms with Gasteiger partial charge in [0.1, 0.15) is 0 Å². The third kappa shape index (κ3) is 3.94. The topological polar surface area (TPSA) is 0 Å². The second kappa shape index (κ2) is 6.20. The van der Waals surface area contributed by atoms with E-state index in [-0.39, 0.29) is 7.02 Å². The van der Waals surface area contributed by atoms with Crippen LogP contribution in [0, 0.1) is 0 Å². The van der Waals surface area contributed by atoms with Gasteiger partial charge in [-0.3, -0.25) is 0 Å². The first-order chi connectivity index (χ1) is 9.71. The molecule has 2 rings (SSSR count). The number of rotatable bonds is 4. The van der Waals surface area contributed by atoms with Crippen molar-refractivity contribution in [2.24, 2.45) is 0 Å². The second-order valence-corrected chi connectivity index (χ2v) is 29.5. The van der Waals surface area contributed by atoms with Gasteiger partial charge in [-0.05, 0) is 16.4 Å². The molecule has 0 N–H and O–H groups in total. The highest BCUT2D eigenvalue weighted by molar-refractivity contribution is 8.22. The molecule has 0 spiro atoms. The molecular formula is C18H27PSi2. The van der Waals surface area contributed by atoms with Crippen molar-refractivity contribution in [1.29, 1.82) is 0 Å². The zero-order valence-electron chi connectivity index (χ0n) is 14.1. The predicted octanol–water partition coefficient (Wildman–Crippen LogP) is 6.13. The molecule has 0 heterocycles. The van der Waals surface area contributed by atoms with Crippen LogP contribution in [0.2, 0.25) is 39.3 Å². The lowest BCUT2D eigenvalue weighted by atomic mass is 10.1. The lowest BCUT2D eigenvalue weighted by molar-refractivity contribution is 1.65. The summed E-state index contributed by atoms with van der Waals surface area (Å²) in [6.07, 6.45) is 0. The van der Waals surface area contributed by atoms with E-state index in [2.05, 4.69) is 93.9 Å². The minimum atomic E-state index is -1.20. The fourth-order valence-electron chi connectivity index (χ4n) is 3.26. The minimum absolute atomic E-state index is 0.00449. The second-order valence-electron chi connectivity index (χ2n) is 7.56. The summed E-state index contributed by atoms with van der Waals surface area (Å²) >= 11 is 0. The molecule has 0 aromatic heterocycles. The smallest absolute Gasteiger partial charge is 0.0730 e. The molecule has 3 heteroatoms. The van der Waals surface area contributed by atoms with Crippen LogP contribution in [0.3, 0.4) is 0 Å². The van der Waals surface area contributed by atoms with Crippen LogP contribution in [0.4, 0.5) is 0 Å². The molecule has 0 radical (unpaired) electrons. The number of benzene rings is 2. The van der Waals surface area contributed by atoms with Gasteiger partial charge in [-0.15, -0.1) is 0 Å². The molecular weight excluding hydrogens is 303 g/mol. The maximum absolute atomic E-state index is 2.55. The zero-order valence-corrected chi connectivity index (χ0v) is 17.0. The molecule has 2 aromatic carbocycles. The van der Waals surface area contributed by atoms with Gasteiger partial charge >= 0.3 is 0 Å². The average molecular weight is 331 g/mol. The number of hydrogen-bond donors (Lipinski definition) is 0. The fraction of sp³-hybridized carbons (Fsp3) is 0.333. The minimum Gasteiger partial charge on any atom is -0.0990 e. The van der Waals surface area contributed by atoms with E-state index in [9.17, 15) is 0 Å². The van der Waals surface area contributed by atoms with E-state index in [1.807, 2.05) is 0 Å². The standard InChI is InChI=1S/C18H27PSi2/c1-20(2,3)19(21(4,5)6)18-15-11-10-14-17(18)16-12-8-7-9-13-16/h7-15H,1-6H3. The average Bonchev–Trinajstić information content (AvgIpc) is 2.37. The molecule has 0 aliphatic carbocycles. The zero-order chi connectivity index (χ0) is 15.7. The summed E-state index contributed by atoms with van der Waals surface area (Å²) in [6, 6.07) is 20.1. The first-order valence-corrected chi connectivity index (χ1v) is 17.7. The van der Waals surface area contributed by atoms with Crippen LogP contribution in [0.25, 0.3) is 11.1 Å². The summed E-state index contributed by atoms with van der Waals surface area (Å²) in [4.78, 5) is 0. The monoisotopic (exact) mass is 330 g/mol. The normalized spacial score (nSPS) is 12.7. The first-order valence-electron chi connectivity index (χ1n) is 7.66. The van der Waals surface area contributed by atoms with Gasteiger partial charge in [-0.1, -0.05) is 101 Å². The molecule has 112 valence electrons. The SMILES string of the molecule is C[Si](C)(C)P(c1ccccc1-c1ccccc1)[Si](C)(C)C. The molecule has 0 aliphatic heterocycles. The van der Waals surface area contributed by atoms with Crippen molar-refractivity contribution in [3.05, 3.63) is 54.6 Å². The van der Waals surface area contributed by atoms with Crippen LogP contribution in [-0.2, 0) is 0 Å². The Bertz CT molecular complexity index is 581. The van der Waals surface area contributed by atoms with E-state index in [1.165, 1.54) is 11.1 Å². The van der Waals surface area contributed by atoms with Gasteiger partial charge in [0, 0.05) is 0 Å². The van der Waals surface area contributed by atoms with Crippen molar-refractivity contribution in [2.45, 2.75) is 39.3 Å². The van der Waals surface area contributed by atoms with Crippen molar-refractivity contribution in [2.75, 3.05) is 0 Å². The Morgan fingerprint density at radius 2 is 1.10 bits per heavy atom. The molecule has 0 nitrogen and oxygen atoms in total. The van der Waals surface area contributed by atoms with E-state index >= 15 is 0 Å². The Hall–Kier alpha value is -0.696.